The van der Waals surface area contributed by atoms with E-state index in [4.69, 9.17) is 4.74 Å². The summed E-state index contributed by atoms with van der Waals surface area (Å²) in [6.45, 7) is 8.05. The molecule has 0 atom stereocenters. The van der Waals surface area contributed by atoms with E-state index in [2.05, 4.69) is 29.4 Å². The number of ether oxygens (including phenoxy) is 1. The molecular formula is C16H21N3O2. The van der Waals surface area contributed by atoms with E-state index in [0.717, 1.165) is 11.3 Å². The van der Waals surface area contributed by atoms with Gasteiger partial charge in [0.15, 0.2) is 12.4 Å². The molecule has 1 aromatic carbocycles. The predicted octanol–water partition coefficient (Wildman–Crippen LogP) is 3.17. The molecule has 0 aliphatic heterocycles. The first-order valence-corrected chi connectivity index (χ1v) is 7.01. The molecule has 21 heavy (non-hydrogen) atoms. The smallest absolute Gasteiger partial charge is 0.263 e. The lowest BCUT2D eigenvalue weighted by molar-refractivity contribution is -0.118. The van der Waals surface area contributed by atoms with Crippen LogP contribution in [0.2, 0.25) is 0 Å². The standard InChI is InChI=1S/C16H21N3O2/c1-10(2)13-5-7-14(8-6-13)21-9-15(20)17-16-11(3)12(4)18-19-16/h5-8,10H,9H2,1-4H3,(H2,17,18,19,20). The molecule has 0 radical (unpaired) electrons. The van der Waals surface area contributed by atoms with Crippen molar-refractivity contribution >= 4 is 11.7 Å². The van der Waals surface area contributed by atoms with Crippen LogP contribution in [0.3, 0.4) is 0 Å². The molecule has 0 spiro atoms. The second-order valence-electron chi connectivity index (χ2n) is 5.38. The number of aryl methyl sites for hydroxylation is 1. The number of benzene rings is 1. The third-order valence-electron chi connectivity index (χ3n) is 3.43. The van der Waals surface area contributed by atoms with Gasteiger partial charge in [0.1, 0.15) is 5.75 Å². The van der Waals surface area contributed by atoms with Gasteiger partial charge in [0.25, 0.3) is 5.91 Å². The van der Waals surface area contributed by atoms with Crippen molar-refractivity contribution in [2.45, 2.75) is 33.6 Å². The van der Waals surface area contributed by atoms with Crippen LogP contribution in [0.1, 0.15) is 36.6 Å². The zero-order chi connectivity index (χ0) is 15.4. The molecule has 2 N–H and O–H groups in total. The van der Waals surface area contributed by atoms with Crippen LogP contribution in [0.4, 0.5) is 5.82 Å². The maximum Gasteiger partial charge on any atom is 0.263 e. The van der Waals surface area contributed by atoms with Gasteiger partial charge in [0, 0.05) is 11.3 Å². The summed E-state index contributed by atoms with van der Waals surface area (Å²) in [5.74, 6) is 1.49. The van der Waals surface area contributed by atoms with Gasteiger partial charge < -0.3 is 10.1 Å². The zero-order valence-electron chi connectivity index (χ0n) is 12.9. The van der Waals surface area contributed by atoms with Crippen molar-refractivity contribution in [3.8, 4) is 5.75 Å². The van der Waals surface area contributed by atoms with Gasteiger partial charge in [-0.05, 0) is 37.5 Å². The Hall–Kier alpha value is -2.30. The number of hydrogen-bond donors (Lipinski definition) is 2. The minimum atomic E-state index is -0.225. The van der Waals surface area contributed by atoms with Crippen molar-refractivity contribution < 1.29 is 9.53 Å². The fourth-order valence-electron chi connectivity index (χ4n) is 1.87. The van der Waals surface area contributed by atoms with Gasteiger partial charge in [-0.3, -0.25) is 9.89 Å². The fourth-order valence-corrected chi connectivity index (χ4v) is 1.87. The molecular weight excluding hydrogens is 266 g/mol. The van der Waals surface area contributed by atoms with Crippen LogP contribution < -0.4 is 10.1 Å². The highest BCUT2D eigenvalue weighted by atomic mass is 16.5. The normalized spacial score (nSPS) is 10.7. The zero-order valence-corrected chi connectivity index (χ0v) is 12.9. The van der Waals surface area contributed by atoms with Crippen molar-refractivity contribution in [3.63, 3.8) is 0 Å². The molecule has 5 nitrogen and oxygen atoms in total. The van der Waals surface area contributed by atoms with Crippen molar-refractivity contribution in [1.82, 2.24) is 10.2 Å². The van der Waals surface area contributed by atoms with Crippen molar-refractivity contribution in [1.29, 1.82) is 0 Å². The van der Waals surface area contributed by atoms with Crippen LogP contribution in [0.5, 0.6) is 5.75 Å². The van der Waals surface area contributed by atoms with E-state index in [1.54, 1.807) is 0 Å². The summed E-state index contributed by atoms with van der Waals surface area (Å²) in [6.07, 6.45) is 0. The molecule has 1 amide bonds. The highest BCUT2D eigenvalue weighted by Crippen LogP contribution is 2.18. The van der Waals surface area contributed by atoms with E-state index in [-0.39, 0.29) is 12.5 Å². The number of aromatic amines is 1. The molecule has 0 fully saturated rings. The average molecular weight is 287 g/mol. The predicted molar refractivity (Wildman–Crippen MR) is 82.7 cm³/mol. The summed E-state index contributed by atoms with van der Waals surface area (Å²) in [7, 11) is 0. The summed E-state index contributed by atoms with van der Waals surface area (Å²) in [4.78, 5) is 11.8. The number of rotatable bonds is 5. The second kappa shape index (κ2) is 6.43. The highest BCUT2D eigenvalue weighted by molar-refractivity contribution is 5.91. The molecule has 0 aliphatic rings. The van der Waals surface area contributed by atoms with Gasteiger partial charge in [-0.15, -0.1) is 0 Å². The number of carbonyl (C=O) groups is 1. The third kappa shape index (κ3) is 3.84. The van der Waals surface area contributed by atoms with E-state index in [9.17, 15) is 4.79 Å². The number of nitrogens with zero attached hydrogens (tertiary/aromatic N) is 1. The van der Waals surface area contributed by atoms with Crippen molar-refractivity contribution in [2.75, 3.05) is 11.9 Å². The molecule has 0 saturated heterocycles. The number of carbonyl (C=O) groups excluding carboxylic acids is 1. The van der Waals surface area contributed by atoms with Gasteiger partial charge in [-0.25, -0.2) is 0 Å². The molecule has 5 heteroatoms. The van der Waals surface area contributed by atoms with Crippen LogP contribution in [-0.4, -0.2) is 22.7 Å². The van der Waals surface area contributed by atoms with Crippen LogP contribution >= 0.6 is 0 Å². The van der Waals surface area contributed by atoms with Gasteiger partial charge in [-0.2, -0.15) is 5.10 Å². The monoisotopic (exact) mass is 287 g/mol. The van der Waals surface area contributed by atoms with E-state index < -0.39 is 0 Å². The third-order valence-corrected chi connectivity index (χ3v) is 3.43. The molecule has 1 aromatic heterocycles. The lowest BCUT2D eigenvalue weighted by atomic mass is 10.0. The number of amides is 1. The van der Waals surface area contributed by atoms with Crippen LogP contribution in [0.25, 0.3) is 0 Å². The van der Waals surface area contributed by atoms with Gasteiger partial charge in [0.05, 0.1) is 0 Å². The first-order chi connectivity index (χ1) is 9.97. The number of nitrogens with one attached hydrogen (secondary N) is 2. The quantitative estimate of drug-likeness (QED) is 0.887. The molecule has 0 aliphatic carbocycles. The average Bonchev–Trinajstić information content (AvgIpc) is 2.77. The molecule has 2 aromatic rings. The van der Waals surface area contributed by atoms with E-state index >= 15 is 0 Å². The van der Waals surface area contributed by atoms with E-state index in [1.807, 2.05) is 38.1 Å². The maximum absolute atomic E-state index is 11.8. The molecule has 0 saturated carbocycles. The van der Waals surface area contributed by atoms with E-state index in [0.29, 0.717) is 17.5 Å². The lowest BCUT2D eigenvalue weighted by Crippen LogP contribution is -2.20. The largest absolute Gasteiger partial charge is 0.484 e. The Labute approximate surface area is 124 Å². The first kappa shape index (κ1) is 15.1. The molecule has 2 rings (SSSR count). The minimum absolute atomic E-state index is 0.0353. The Morgan fingerprint density at radius 2 is 1.95 bits per heavy atom. The maximum atomic E-state index is 11.8. The highest BCUT2D eigenvalue weighted by Gasteiger charge is 2.10. The fraction of sp³-hybridized carbons (Fsp3) is 0.375. The number of anilines is 1. The van der Waals surface area contributed by atoms with Gasteiger partial charge in [0.2, 0.25) is 0 Å². The Balaban J connectivity index is 1.87. The van der Waals surface area contributed by atoms with Gasteiger partial charge >= 0.3 is 0 Å². The van der Waals surface area contributed by atoms with Crippen molar-refractivity contribution in [3.05, 3.63) is 41.1 Å². The van der Waals surface area contributed by atoms with Crippen LogP contribution in [0, 0.1) is 13.8 Å². The topological polar surface area (TPSA) is 67.0 Å². The first-order valence-electron chi connectivity index (χ1n) is 7.01. The molecule has 0 bridgehead atoms. The Morgan fingerprint density at radius 1 is 1.29 bits per heavy atom. The molecule has 0 unspecified atom stereocenters. The van der Waals surface area contributed by atoms with Crippen molar-refractivity contribution in [2.24, 2.45) is 0 Å². The Kier molecular flexibility index (Phi) is 4.62. The lowest BCUT2D eigenvalue weighted by Gasteiger charge is -2.09. The van der Waals surface area contributed by atoms with E-state index in [1.165, 1.54) is 5.56 Å². The number of hydrogen-bond acceptors (Lipinski definition) is 3. The van der Waals surface area contributed by atoms with Crippen LogP contribution in [-0.2, 0) is 4.79 Å². The Bertz CT molecular complexity index is 615. The van der Waals surface area contributed by atoms with Crippen LogP contribution in [0.15, 0.2) is 24.3 Å². The summed E-state index contributed by atoms with van der Waals surface area (Å²) in [5.41, 5.74) is 3.12. The summed E-state index contributed by atoms with van der Waals surface area (Å²) in [5, 5.41) is 9.58. The summed E-state index contributed by atoms with van der Waals surface area (Å²) in [6, 6.07) is 7.79. The van der Waals surface area contributed by atoms with Gasteiger partial charge in [-0.1, -0.05) is 26.0 Å². The molecule has 112 valence electrons. The summed E-state index contributed by atoms with van der Waals surface area (Å²) >= 11 is 0. The second-order valence-corrected chi connectivity index (χ2v) is 5.38. The summed E-state index contributed by atoms with van der Waals surface area (Å²) < 4.78 is 5.47. The minimum Gasteiger partial charge on any atom is -0.484 e. The number of aromatic nitrogens is 2. The molecule has 1 heterocycles. The SMILES string of the molecule is Cc1[nH]nc(NC(=O)COc2ccc(C(C)C)cc2)c1C. The Morgan fingerprint density at radius 3 is 2.48 bits per heavy atom. The number of H-pyrrole nitrogens is 1.